The number of anilines is 1. The number of hydrogen-bond acceptors (Lipinski definition) is 5. The van der Waals surface area contributed by atoms with Crippen molar-refractivity contribution in [2.75, 3.05) is 19.0 Å². The monoisotopic (exact) mass is 440 g/mol. The maximum Gasteiger partial charge on any atom is 0.248 e. The highest BCUT2D eigenvalue weighted by atomic mass is 16.5. The molecule has 0 aliphatic heterocycles. The summed E-state index contributed by atoms with van der Waals surface area (Å²) in [6.45, 7) is 2.37. The Balaban J connectivity index is 1.62. The fourth-order valence-electron chi connectivity index (χ4n) is 3.30. The average molecular weight is 441 g/mol. The smallest absolute Gasteiger partial charge is 0.248 e. The third kappa shape index (κ3) is 5.27. The van der Waals surface area contributed by atoms with Gasteiger partial charge in [0.2, 0.25) is 5.91 Å². The molecule has 0 unspecified atom stereocenters. The summed E-state index contributed by atoms with van der Waals surface area (Å²) in [5.74, 6) is 0.905. The second kappa shape index (κ2) is 10.3. The standard InChI is InChI=1S/C26H24N4O3/c1-3-33-24-13-12-22(32-2)16-23(24)28-25(31)14-11-20-18-30(21-9-5-4-6-10-21)29-26(20)19-8-7-15-27-17-19/h4-18H,3H2,1-2H3,(H,28,31). The van der Waals surface area contributed by atoms with E-state index >= 15 is 0 Å². The summed E-state index contributed by atoms with van der Waals surface area (Å²) in [7, 11) is 1.57. The van der Waals surface area contributed by atoms with Crippen LogP contribution in [0.2, 0.25) is 0 Å². The first-order chi connectivity index (χ1) is 16.2. The molecule has 2 heterocycles. The number of nitrogens with zero attached hydrogens (tertiary/aromatic N) is 3. The van der Waals surface area contributed by atoms with Crippen LogP contribution in [-0.2, 0) is 4.79 Å². The molecule has 0 aliphatic carbocycles. The van der Waals surface area contributed by atoms with Gasteiger partial charge < -0.3 is 14.8 Å². The number of hydrogen-bond donors (Lipinski definition) is 1. The second-order valence-electron chi connectivity index (χ2n) is 7.07. The van der Waals surface area contributed by atoms with Crippen molar-refractivity contribution in [3.63, 3.8) is 0 Å². The number of benzene rings is 2. The number of amides is 1. The number of nitrogens with one attached hydrogen (secondary N) is 1. The Morgan fingerprint density at radius 3 is 2.70 bits per heavy atom. The molecule has 0 aliphatic rings. The van der Waals surface area contributed by atoms with E-state index in [1.807, 2.05) is 55.6 Å². The third-order valence-electron chi connectivity index (χ3n) is 4.86. The lowest BCUT2D eigenvalue weighted by Gasteiger charge is -2.12. The normalized spacial score (nSPS) is 10.8. The Morgan fingerprint density at radius 2 is 1.97 bits per heavy atom. The molecule has 0 atom stereocenters. The Morgan fingerprint density at radius 1 is 1.12 bits per heavy atom. The number of methoxy groups -OCH3 is 1. The summed E-state index contributed by atoms with van der Waals surface area (Å²) in [5, 5.41) is 7.60. The highest BCUT2D eigenvalue weighted by Gasteiger charge is 2.12. The van der Waals surface area contributed by atoms with Crippen LogP contribution < -0.4 is 14.8 Å². The van der Waals surface area contributed by atoms with E-state index in [-0.39, 0.29) is 5.91 Å². The van der Waals surface area contributed by atoms with Crippen molar-refractivity contribution in [1.82, 2.24) is 14.8 Å². The number of para-hydroxylation sites is 1. The highest BCUT2D eigenvalue weighted by Crippen LogP contribution is 2.29. The van der Waals surface area contributed by atoms with Gasteiger partial charge in [-0.05, 0) is 49.4 Å². The molecule has 7 nitrogen and oxygen atoms in total. The van der Waals surface area contributed by atoms with Crippen LogP contribution in [0.25, 0.3) is 23.0 Å². The lowest BCUT2D eigenvalue weighted by atomic mass is 10.1. The van der Waals surface area contributed by atoms with Gasteiger partial charge in [0, 0.05) is 41.9 Å². The first kappa shape index (κ1) is 21.8. The minimum absolute atomic E-state index is 0.297. The number of rotatable bonds is 8. The van der Waals surface area contributed by atoms with Crippen LogP contribution in [0, 0.1) is 0 Å². The molecule has 0 fully saturated rings. The van der Waals surface area contributed by atoms with Crippen molar-refractivity contribution in [2.24, 2.45) is 0 Å². The molecular formula is C26H24N4O3. The van der Waals surface area contributed by atoms with Crippen LogP contribution in [0.15, 0.2) is 85.3 Å². The van der Waals surface area contributed by atoms with Crippen molar-refractivity contribution in [3.05, 3.63) is 90.9 Å². The predicted octanol–water partition coefficient (Wildman–Crippen LogP) is 4.99. The summed E-state index contributed by atoms with van der Waals surface area (Å²) in [4.78, 5) is 16.9. The number of carbonyl (C=O) groups is 1. The Hall–Kier alpha value is -4.39. The Bertz CT molecular complexity index is 1250. The van der Waals surface area contributed by atoms with Crippen LogP contribution in [0.3, 0.4) is 0 Å². The molecule has 33 heavy (non-hydrogen) atoms. The molecule has 0 radical (unpaired) electrons. The average Bonchev–Trinajstić information content (AvgIpc) is 3.29. The molecule has 0 bridgehead atoms. The van der Waals surface area contributed by atoms with E-state index in [2.05, 4.69) is 10.3 Å². The van der Waals surface area contributed by atoms with Crippen molar-refractivity contribution >= 4 is 17.7 Å². The van der Waals surface area contributed by atoms with Gasteiger partial charge in [0.25, 0.3) is 0 Å². The number of aromatic nitrogens is 3. The largest absolute Gasteiger partial charge is 0.497 e. The third-order valence-corrected chi connectivity index (χ3v) is 4.86. The van der Waals surface area contributed by atoms with Gasteiger partial charge in [-0.25, -0.2) is 4.68 Å². The van der Waals surface area contributed by atoms with Crippen LogP contribution in [0.4, 0.5) is 5.69 Å². The van der Waals surface area contributed by atoms with E-state index in [4.69, 9.17) is 14.6 Å². The molecule has 1 N–H and O–H groups in total. The predicted molar refractivity (Wildman–Crippen MR) is 129 cm³/mol. The molecule has 0 spiro atoms. The maximum atomic E-state index is 12.7. The molecule has 166 valence electrons. The fraction of sp³-hybridized carbons (Fsp3) is 0.115. The first-order valence-electron chi connectivity index (χ1n) is 10.5. The molecule has 4 rings (SSSR count). The van der Waals surface area contributed by atoms with Crippen LogP contribution in [0.5, 0.6) is 11.5 Å². The number of pyridine rings is 1. The maximum absolute atomic E-state index is 12.7. The van der Waals surface area contributed by atoms with E-state index in [1.165, 1.54) is 6.08 Å². The summed E-state index contributed by atoms with van der Waals surface area (Å²) >= 11 is 0. The van der Waals surface area contributed by atoms with Crippen molar-refractivity contribution in [3.8, 4) is 28.4 Å². The van der Waals surface area contributed by atoms with E-state index < -0.39 is 0 Å². The SMILES string of the molecule is CCOc1ccc(OC)cc1NC(=O)C=Cc1cn(-c2ccccc2)nc1-c1cccnc1. The van der Waals surface area contributed by atoms with Crippen LogP contribution >= 0.6 is 0 Å². The molecule has 0 saturated heterocycles. The van der Waals surface area contributed by atoms with Gasteiger partial charge in [0.05, 0.1) is 25.1 Å². The molecule has 2 aromatic carbocycles. The van der Waals surface area contributed by atoms with E-state index in [9.17, 15) is 4.79 Å². The van der Waals surface area contributed by atoms with Gasteiger partial charge in [0.1, 0.15) is 17.2 Å². The fourth-order valence-corrected chi connectivity index (χ4v) is 3.30. The Labute approximate surface area is 192 Å². The lowest BCUT2D eigenvalue weighted by molar-refractivity contribution is -0.111. The van der Waals surface area contributed by atoms with Gasteiger partial charge in [0.15, 0.2) is 0 Å². The number of carbonyl (C=O) groups excluding carboxylic acids is 1. The molecular weight excluding hydrogens is 416 g/mol. The van der Waals surface area contributed by atoms with Crippen LogP contribution in [0.1, 0.15) is 12.5 Å². The summed E-state index contributed by atoms with van der Waals surface area (Å²) in [5.41, 5.74) is 3.84. The zero-order valence-electron chi connectivity index (χ0n) is 18.4. The topological polar surface area (TPSA) is 78.3 Å². The molecule has 0 saturated carbocycles. The highest BCUT2D eigenvalue weighted by molar-refractivity contribution is 6.03. The quantitative estimate of drug-likeness (QED) is 0.391. The second-order valence-corrected chi connectivity index (χ2v) is 7.07. The summed E-state index contributed by atoms with van der Waals surface area (Å²) < 4.78 is 12.7. The molecule has 1 amide bonds. The molecule has 7 heteroatoms. The van der Waals surface area contributed by atoms with Gasteiger partial charge in [-0.1, -0.05) is 18.2 Å². The molecule has 4 aromatic rings. The minimum Gasteiger partial charge on any atom is -0.497 e. The van der Waals surface area contributed by atoms with E-state index in [1.54, 1.807) is 48.5 Å². The minimum atomic E-state index is -0.297. The summed E-state index contributed by atoms with van der Waals surface area (Å²) in [6, 6.07) is 18.9. The van der Waals surface area contributed by atoms with Gasteiger partial charge in [-0.15, -0.1) is 0 Å². The van der Waals surface area contributed by atoms with Crippen molar-refractivity contribution < 1.29 is 14.3 Å². The zero-order valence-corrected chi connectivity index (χ0v) is 18.4. The van der Waals surface area contributed by atoms with E-state index in [0.29, 0.717) is 23.8 Å². The Kier molecular flexibility index (Phi) is 6.80. The first-order valence-corrected chi connectivity index (χ1v) is 10.5. The zero-order chi connectivity index (χ0) is 23.0. The van der Waals surface area contributed by atoms with Gasteiger partial charge in [-0.3, -0.25) is 9.78 Å². The summed E-state index contributed by atoms with van der Waals surface area (Å²) in [6.07, 6.45) is 8.56. The lowest BCUT2D eigenvalue weighted by Crippen LogP contribution is -2.09. The van der Waals surface area contributed by atoms with Gasteiger partial charge >= 0.3 is 0 Å². The van der Waals surface area contributed by atoms with Crippen molar-refractivity contribution in [2.45, 2.75) is 6.92 Å². The van der Waals surface area contributed by atoms with E-state index in [0.717, 1.165) is 22.5 Å². The molecule has 2 aromatic heterocycles. The van der Waals surface area contributed by atoms with Gasteiger partial charge in [-0.2, -0.15) is 5.10 Å². The number of ether oxygens (including phenoxy) is 2. The van der Waals surface area contributed by atoms with Crippen LogP contribution in [-0.4, -0.2) is 34.4 Å². The van der Waals surface area contributed by atoms with Crippen molar-refractivity contribution in [1.29, 1.82) is 0 Å².